The van der Waals surface area contributed by atoms with Crippen molar-refractivity contribution in [2.45, 2.75) is 65.3 Å². The molecule has 3 nitrogen and oxygen atoms in total. The number of rotatable bonds is 9. The van der Waals surface area contributed by atoms with Gasteiger partial charge in [-0.3, -0.25) is 0 Å². The van der Waals surface area contributed by atoms with Gasteiger partial charge in [0.15, 0.2) is 0 Å². The molecule has 1 atom stereocenters. The molecule has 0 aromatic heterocycles. The minimum Gasteiger partial charge on any atom is -0.462 e. The van der Waals surface area contributed by atoms with E-state index >= 15 is 0 Å². The van der Waals surface area contributed by atoms with Gasteiger partial charge in [0, 0.05) is 11.1 Å². The summed E-state index contributed by atoms with van der Waals surface area (Å²) in [6.07, 6.45) is 5.42. The summed E-state index contributed by atoms with van der Waals surface area (Å²) in [5, 5.41) is 0. The van der Waals surface area contributed by atoms with Crippen LogP contribution in [-0.2, 0) is 9.53 Å². The lowest BCUT2D eigenvalue weighted by Crippen LogP contribution is -2.31. The molecular formula is C15H29NO2. The number of carbonyl (C=O) groups excluding carboxylic acids is 1. The SMILES string of the molecule is C=C(C)C(=O)OCCCC(C)CCCC(C)(C)N. The number of hydrogen-bond acceptors (Lipinski definition) is 3. The van der Waals surface area contributed by atoms with Crippen molar-refractivity contribution >= 4 is 5.97 Å². The van der Waals surface area contributed by atoms with Crippen LogP contribution in [0, 0.1) is 5.92 Å². The van der Waals surface area contributed by atoms with Gasteiger partial charge >= 0.3 is 5.97 Å². The Balaban J connectivity index is 3.51. The van der Waals surface area contributed by atoms with Crippen LogP contribution in [0.2, 0.25) is 0 Å². The highest BCUT2D eigenvalue weighted by Gasteiger charge is 2.11. The third-order valence-electron chi connectivity index (χ3n) is 2.94. The van der Waals surface area contributed by atoms with Crippen molar-refractivity contribution in [1.29, 1.82) is 0 Å². The Hall–Kier alpha value is -0.830. The molecule has 0 saturated heterocycles. The number of ether oxygens (including phenoxy) is 1. The first-order valence-electron chi connectivity index (χ1n) is 6.84. The second-order valence-corrected chi connectivity index (χ2v) is 6.04. The lowest BCUT2D eigenvalue weighted by molar-refractivity contribution is -0.139. The van der Waals surface area contributed by atoms with E-state index in [1.807, 2.05) is 0 Å². The molecule has 0 aromatic carbocycles. The summed E-state index contributed by atoms with van der Waals surface area (Å²) in [6, 6.07) is 0. The molecule has 2 N–H and O–H groups in total. The predicted molar refractivity (Wildman–Crippen MR) is 76.3 cm³/mol. The van der Waals surface area contributed by atoms with Gasteiger partial charge in [0.1, 0.15) is 0 Å². The first-order valence-corrected chi connectivity index (χ1v) is 6.84. The summed E-state index contributed by atoms with van der Waals surface area (Å²) in [5.41, 5.74) is 6.35. The van der Waals surface area contributed by atoms with Crippen molar-refractivity contribution in [2.75, 3.05) is 6.61 Å². The van der Waals surface area contributed by atoms with E-state index in [4.69, 9.17) is 10.5 Å². The highest BCUT2D eigenvalue weighted by Crippen LogP contribution is 2.17. The average molecular weight is 255 g/mol. The van der Waals surface area contributed by atoms with Crippen molar-refractivity contribution in [3.8, 4) is 0 Å². The van der Waals surface area contributed by atoms with Crippen molar-refractivity contribution in [2.24, 2.45) is 11.7 Å². The Bertz CT molecular complexity index is 266. The summed E-state index contributed by atoms with van der Waals surface area (Å²) in [6.45, 7) is 12.1. The number of esters is 1. The average Bonchev–Trinajstić information content (AvgIpc) is 2.22. The van der Waals surface area contributed by atoms with Gasteiger partial charge in [-0.05, 0) is 46.0 Å². The van der Waals surface area contributed by atoms with Crippen LogP contribution in [0.4, 0.5) is 0 Å². The van der Waals surface area contributed by atoms with E-state index in [0.29, 0.717) is 18.1 Å². The maximum absolute atomic E-state index is 11.1. The van der Waals surface area contributed by atoms with Crippen LogP contribution >= 0.6 is 0 Å². The molecule has 0 aliphatic heterocycles. The number of hydrogen-bond donors (Lipinski definition) is 1. The highest BCUT2D eigenvalue weighted by atomic mass is 16.5. The lowest BCUT2D eigenvalue weighted by atomic mass is 9.93. The van der Waals surface area contributed by atoms with E-state index in [2.05, 4.69) is 27.4 Å². The molecule has 0 fully saturated rings. The maximum Gasteiger partial charge on any atom is 0.333 e. The van der Waals surface area contributed by atoms with Crippen LogP contribution in [0.3, 0.4) is 0 Å². The molecule has 18 heavy (non-hydrogen) atoms. The molecule has 0 amide bonds. The summed E-state index contributed by atoms with van der Waals surface area (Å²) in [4.78, 5) is 11.1. The Labute approximate surface area is 112 Å². The minimum absolute atomic E-state index is 0.0588. The predicted octanol–water partition coefficient (Wildman–Crippen LogP) is 3.43. The Morgan fingerprint density at radius 1 is 1.33 bits per heavy atom. The monoisotopic (exact) mass is 255 g/mol. The topological polar surface area (TPSA) is 52.3 Å². The van der Waals surface area contributed by atoms with Crippen molar-refractivity contribution in [3.05, 3.63) is 12.2 Å². The standard InChI is InChI=1S/C15H29NO2/c1-12(2)14(17)18-11-7-9-13(3)8-6-10-15(4,5)16/h13H,1,6-11,16H2,2-5H3. The van der Waals surface area contributed by atoms with Crippen molar-refractivity contribution < 1.29 is 9.53 Å². The third-order valence-corrected chi connectivity index (χ3v) is 2.94. The van der Waals surface area contributed by atoms with Crippen LogP contribution in [0.1, 0.15) is 59.8 Å². The second kappa shape index (κ2) is 8.30. The smallest absolute Gasteiger partial charge is 0.333 e. The summed E-state index contributed by atoms with van der Waals surface area (Å²) >= 11 is 0. The Kier molecular flexibility index (Phi) is 7.92. The van der Waals surface area contributed by atoms with Crippen molar-refractivity contribution in [1.82, 2.24) is 0 Å². The van der Waals surface area contributed by atoms with E-state index in [1.54, 1.807) is 6.92 Å². The summed E-state index contributed by atoms with van der Waals surface area (Å²) in [5.74, 6) is 0.378. The molecule has 0 saturated carbocycles. The van der Waals surface area contributed by atoms with Gasteiger partial charge in [0.05, 0.1) is 6.61 Å². The van der Waals surface area contributed by atoms with E-state index < -0.39 is 0 Å². The lowest BCUT2D eigenvalue weighted by Gasteiger charge is -2.19. The first kappa shape index (κ1) is 17.2. The fourth-order valence-corrected chi connectivity index (χ4v) is 1.77. The fourth-order valence-electron chi connectivity index (χ4n) is 1.77. The maximum atomic E-state index is 11.1. The molecule has 0 radical (unpaired) electrons. The van der Waals surface area contributed by atoms with Gasteiger partial charge in [-0.2, -0.15) is 0 Å². The summed E-state index contributed by atoms with van der Waals surface area (Å²) in [7, 11) is 0. The first-order chi connectivity index (χ1) is 8.22. The quantitative estimate of drug-likeness (QED) is 0.390. The zero-order valence-electron chi connectivity index (χ0n) is 12.4. The zero-order chi connectivity index (χ0) is 14.2. The van der Waals surface area contributed by atoms with E-state index in [0.717, 1.165) is 25.7 Å². The number of carbonyl (C=O) groups is 1. The largest absolute Gasteiger partial charge is 0.462 e. The molecule has 0 aromatic rings. The van der Waals surface area contributed by atoms with Crippen LogP contribution in [0.15, 0.2) is 12.2 Å². The van der Waals surface area contributed by atoms with Crippen LogP contribution < -0.4 is 5.73 Å². The van der Waals surface area contributed by atoms with E-state index in [9.17, 15) is 4.79 Å². The summed E-state index contributed by atoms with van der Waals surface area (Å²) < 4.78 is 5.05. The molecule has 0 spiro atoms. The van der Waals surface area contributed by atoms with Gasteiger partial charge < -0.3 is 10.5 Å². The zero-order valence-corrected chi connectivity index (χ0v) is 12.4. The molecule has 0 aliphatic carbocycles. The molecule has 106 valence electrons. The fraction of sp³-hybridized carbons (Fsp3) is 0.800. The van der Waals surface area contributed by atoms with Crippen LogP contribution in [0.25, 0.3) is 0 Å². The van der Waals surface area contributed by atoms with Gasteiger partial charge in [0.25, 0.3) is 0 Å². The normalized spacial score (nSPS) is 13.2. The van der Waals surface area contributed by atoms with Gasteiger partial charge in [-0.25, -0.2) is 4.79 Å². The Morgan fingerprint density at radius 2 is 1.89 bits per heavy atom. The van der Waals surface area contributed by atoms with E-state index in [1.165, 1.54) is 6.42 Å². The van der Waals surface area contributed by atoms with Crippen LogP contribution in [-0.4, -0.2) is 18.1 Å². The molecular weight excluding hydrogens is 226 g/mol. The van der Waals surface area contributed by atoms with Gasteiger partial charge in [-0.15, -0.1) is 0 Å². The van der Waals surface area contributed by atoms with Gasteiger partial charge in [-0.1, -0.05) is 26.3 Å². The second-order valence-electron chi connectivity index (χ2n) is 6.04. The van der Waals surface area contributed by atoms with Gasteiger partial charge in [0.2, 0.25) is 0 Å². The molecule has 1 unspecified atom stereocenters. The highest BCUT2D eigenvalue weighted by molar-refractivity contribution is 5.86. The molecule has 0 heterocycles. The molecule has 0 aliphatic rings. The number of nitrogens with two attached hydrogens (primary N) is 1. The molecule has 3 heteroatoms. The van der Waals surface area contributed by atoms with Crippen molar-refractivity contribution in [3.63, 3.8) is 0 Å². The molecule has 0 bridgehead atoms. The van der Waals surface area contributed by atoms with E-state index in [-0.39, 0.29) is 11.5 Å². The Morgan fingerprint density at radius 3 is 2.39 bits per heavy atom. The third kappa shape index (κ3) is 10.3. The minimum atomic E-state index is -0.285. The van der Waals surface area contributed by atoms with Crippen LogP contribution in [0.5, 0.6) is 0 Å². The molecule has 0 rings (SSSR count).